The highest BCUT2D eigenvalue weighted by molar-refractivity contribution is 7.19. The van der Waals surface area contributed by atoms with Crippen molar-refractivity contribution in [2.75, 3.05) is 39.1 Å². The summed E-state index contributed by atoms with van der Waals surface area (Å²) < 4.78 is 20.8. The molecule has 0 aliphatic carbocycles. The van der Waals surface area contributed by atoms with Crippen LogP contribution in [-0.2, 0) is 4.74 Å². The highest BCUT2D eigenvalue weighted by Crippen LogP contribution is 2.39. The van der Waals surface area contributed by atoms with Crippen molar-refractivity contribution in [2.45, 2.75) is 6.92 Å². The number of ether oxygens (including phenoxy) is 4. The highest BCUT2D eigenvalue weighted by atomic mass is 35.5. The Morgan fingerprint density at radius 2 is 1.54 bits per heavy atom. The number of methoxy groups -OCH3 is 4. The Bertz CT molecular complexity index is 1260. The van der Waals surface area contributed by atoms with E-state index in [2.05, 4.69) is 10.6 Å². The van der Waals surface area contributed by atoms with Crippen molar-refractivity contribution in [3.8, 4) is 17.2 Å². The number of thiophene rings is 1. The maximum absolute atomic E-state index is 13.1. The van der Waals surface area contributed by atoms with Crippen LogP contribution in [-0.4, -0.2) is 46.2 Å². The molecule has 11 heteroatoms. The summed E-state index contributed by atoms with van der Waals surface area (Å²) in [6, 6.07) is 9.60. The van der Waals surface area contributed by atoms with E-state index in [-0.39, 0.29) is 32.5 Å². The second-order valence-corrected chi connectivity index (χ2v) is 8.54. The number of esters is 1. The van der Waals surface area contributed by atoms with Crippen LogP contribution >= 0.6 is 22.9 Å². The van der Waals surface area contributed by atoms with Crippen LogP contribution in [0.2, 0.25) is 5.02 Å². The summed E-state index contributed by atoms with van der Waals surface area (Å²) in [7, 11) is 5.53. The lowest BCUT2D eigenvalue weighted by molar-refractivity contribution is 0.0601. The average molecular weight is 519 g/mol. The Morgan fingerprint density at radius 3 is 2.09 bits per heavy atom. The Morgan fingerprint density at radius 1 is 0.886 bits per heavy atom. The first kappa shape index (κ1) is 25.9. The Labute approximate surface area is 210 Å². The van der Waals surface area contributed by atoms with Gasteiger partial charge in [-0.05, 0) is 42.8 Å². The molecule has 3 rings (SSSR count). The van der Waals surface area contributed by atoms with Crippen molar-refractivity contribution >= 4 is 51.4 Å². The van der Waals surface area contributed by atoms with Gasteiger partial charge in [-0.25, -0.2) is 4.79 Å². The third kappa shape index (κ3) is 5.50. The minimum absolute atomic E-state index is 0.0783. The fourth-order valence-electron chi connectivity index (χ4n) is 3.31. The van der Waals surface area contributed by atoms with Crippen LogP contribution < -0.4 is 24.8 Å². The maximum atomic E-state index is 13.1. The summed E-state index contributed by atoms with van der Waals surface area (Å²) in [5.41, 5.74) is 1.11. The van der Waals surface area contributed by atoms with Gasteiger partial charge < -0.3 is 29.6 Å². The first-order chi connectivity index (χ1) is 16.7. The summed E-state index contributed by atoms with van der Waals surface area (Å²) >= 11 is 6.94. The molecule has 0 unspecified atom stereocenters. The highest BCUT2D eigenvalue weighted by Gasteiger charge is 2.27. The van der Waals surface area contributed by atoms with Crippen LogP contribution in [0.5, 0.6) is 17.2 Å². The van der Waals surface area contributed by atoms with Crippen molar-refractivity contribution in [1.82, 2.24) is 0 Å². The fourth-order valence-corrected chi connectivity index (χ4v) is 4.58. The number of hydrogen-bond acceptors (Lipinski definition) is 8. The zero-order chi connectivity index (χ0) is 25.7. The number of carbonyl (C=O) groups is 3. The molecule has 184 valence electrons. The molecule has 2 N–H and O–H groups in total. The molecule has 2 aromatic carbocycles. The normalized spacial score (nSPS) is 10.3. The Balaban J connectivity index is 1.98. The van der Waals surface area contributed by atoms with Gasteiger partial charge in [-0.15, -0.1) is 11.3 Å². The molecule has 1 heterocycles. The van der Waals surface area contributed by atoms with E-state index in [4.69, 9.17) is 30.5 Å². The lowest BCUT2D eigenvalue weighted by atomic mass is 10.1. The molecule has 9 nitrogen and oxygen atoms in total. The predicted molar refractivity (Wildman–Crippen MR) is 134 cm³/mol. The largest absolute Gasteiger partial charge is 0.493 e. The summed E-state index contributed by atoms with van der Waals surface area (Å²) in [5.74, 6) is -0.816. The summed E-state index contributed by atoms with van der Waals surface area (Å²) in [5, 5.41) is 6.05. The Hall–Kier alpha value is -3.76. The second-order valence-electron chi connectivity index (χ2n) is 7.08. The SMILES string of the molecule is COC(=O)c1c(NC(=O)c2cc(OC)c(OC)c(OC)c2)sc(C(=O)Nc2cccc(Cl)c2)c1C. The molecule has 1 aromatic heterocycles. The van der Waals surface area contributed by atoms with Gasteiger partial charge in [-0.2, -0.15) is 0 Å². The van der Waals surface area contributed by atoms with Gasteiger partial charge in [0, 0.05) is 16.3 Å². The third-order valence-corrected chi connectivity index (χ3v) is 6.42. The van der Waals surface area contributed by atoms with E-state index in [9.17, 15) is 14.4 Å². The van der Waals surface area contributed by atoms with Gasteiger partial charge in [0.25, 0.3) is 11.8 Å². The zero-order valence-corrected chi connectivity index (χ0v) is 21.2. The van der Waals surface area contributed by atoms with Gasteiger partial charge in [0.1, 0.15) is 5.00 Å². The van der Waals surface area contributed by atoms with Crippen molar-refractivity contribution in [1.29, 1.82) is 0 Å². The number of halogens is 1. The van der Waals surface area contributed by atoms with E-state index < -0.39 is 17.8 Å². The van der Waals surface area contributed by atoms with Crippen LogP contribution in [0.1, 0.15) is 36.0 Å². The van der Waals surface area contributed by atoms with E-state index in [1.54, 1.807) is 31.2 Å². The van der Waals surface area contributed by atoms with Crippen LogP contribution in [0.25, 0.3) is 0 Å². The third-order valence-electron chi connectivity index (χ3n) is 4.98. The van der Waals surface area contributed by atoms with E-state index in [1.165, 1.54) is 40.6 Å². The van der Waals surface area contributed by atoms with Gasteiger partial charge in [0.15, 0.2) is 11.5 Å². The minimum atomic E-state index is -0.694. The number of hydrogen-bond donors (Lipinski definition) is 2. The van der Waals surface area contributed by atoms with Crippen molar-refractivity contribution in [3.63, 3.8) is 0 Å². The molecule has 35 heavy (non-hydrogen) atoms. The monoisotopic (exact) mass is 518 g/mol. The van der Waals surface area contributed by atoms with Crippen LogP contribution in [0.3, 0.4) is 0 Å². The number of amides is 2. The first-order valence-electron chi connectivity index (χ1n) is 10.1. The first-order valence-corrected chi connectivity index (χ1v) is 11.3. The second kappa shape index (κ2) is 11.1. The fraction of sp³-hybridized carbons (Fsp3) is 0.208. The Kier molecular flexibility index (Phi) is 8.21. The van der Waals surface area contributed by atoms with Crippen LogP contribution in [0.15, 0.2) is 36.4 Å². The van der Waals surface area contributed by atoms with E-state index in [0.29, 0.717) is 22.0 Å². The van der Waals surface area contributed by atoms with E-state index in [0.717, 1.165) is 11.3 Å². The number of rotatable bonds is 8. The number of carbonyl (C=O) groups excluding carboxylic acids is 3. The molecule has 0 aliphatic rings. The molecule has 0 atom stereocenters. The van der Waals surface area contributed by atoms with Gasteiger partial charge in [0.2, 0.25) is 5.75 Å². The van der Waals surface area contributed by atoms with Crippen molar-refractivity contribution in [3.05, 3.63) is 63.0 Å². The van der Waals surface area contributed by atoms with Gasteiger partial charge >= 0.3 is 5.97 Å². The standard InChI is InChI=1S/C24H23ClN2O7S/c1-12-18(24(30)34-5)23(35-20(12)22(29)26-15-8-6-7-14(25)11-15)27-21(28)13-9-16(31-2)19(33-4)17(10-13)32-3/h6-11H,1-5H3,(H,26,29)(H,27,28). The molecule has 0 aliphatic heterocycles. The molecule has 0 bridgehead atoms. The lowest BCUT2D eigenvalue weighted by Crippen LogP contribution is -2.15. The molecule has 0 fully saturated rings. The molecular weight excluding hydrogens is 496 g/mol. The number of anilines is 2. The topological polar surface area (TPSA) is 112 Å². The predicted octanol–water partition coefficient (Wildman–Crippen LogP) is 5.03. The molecular formula is C24H23ClN2O7S. The zero-order valence-electron chi connectivity index (χ0n) is 19.6. The number of benzene rings is 2. The lowest BCUT2D eigenvalue weighted by Gasteiger charge is -2.14. The van der Waals surface area contributed by atoms with E-state index >= 15 is 0 Å². The molecule has 2 amide bonds. The summed E-state index contributed by atoms with van der Waals surface area (Å²) in [4.78, 5) is 38.8. The van der Waals surface area contributed by atoms with E-state index in [1.807, 2.05) is 0 Å². The molecule has 0 saturated carbocycles. The molecule has 3 aromatic rings. The molecule has 0 saturated heterocycles. The quantitative estimate of drug-likeness (QED) is 0.402. The number of nitrogens with one attached hydrogen (secondary N) is 2. The maximum Gasteiger partial charge on any atom is 0.341 e. The molecule has 0 spiro atoms. The van der Waals surface area contributed by atoms with Gasteiger partial charge in [-0.1, -0.05) is 17.7 Å². The van der Waals surface area contributed by atoms with Gasteiger partial charge in [0.05, 0.1) is 38.9 Å². The average Bonchev–Trinajstić information content (AvgIpc) is 3.17. The van der Waals surface area contributed by atoms with Crippen molar-refractivity contribution < 1.29 is 33.3 Å². The summed E-state index contributed by atoms with van der Waals surface area (Å²) in [6.07, 6.45) is 0. The molecule has 0 radical (unpaired) electrons. The smallest absolute Gasteiger partial charge is 0.341 e. The van der Waals surface area contributed by atoms with Crippen molar-refractivity contribution in [2.24, 2.45) is 0 Å². The van der Waals surface area contributed by atoms with Crippen LogP contribution in [0, 0.1) is 6.92 Å². The summed E-state index contributed by atoms with van der Waals surface area (Å²) in [6.45, 7) is 1.60. The van der Waals surface area contributed by atoms with Gasteiger partial charge in [-0.3, -0.25) is 9.59 Å². The minimum Gasteiger partial charge on any atom is -0.493 e. The van der Waals surface area contributed by atoms with Crippen LogP contribution in [0.4, 0.5) is 10.7 Å².